The molecule has 1 aromatic rings. The molecule has 0 aliphatic heterocycles. The van der Waals surface area contributed by atoms with Gasteiger partial charge in [-0.2, -0.15) is 13.2 Å². The number of nitrogens with zero attached hydrogens (tertiary/aromatic N) is 1. The number of hydrogen-bond donors (Lipinski definition) is 1. The Morgan fingerprint density at radius 1 is 1.10 bits per heavy atom. The van der Waals surface area contributed by atoms with E-state index in [0.29, 0.717) is 0 Å². The first-order chi connectivity index (χ1) is 9.58. The molecule has 0 unspecified atom stereocenters. The Hall–Kier alpha value is -1.84. The minimum Gasteiger partial charge on any atom is -0.395 e. The van der Waals surface area contributed by atoms with Gasteiger partial charge in [0.2, 0.25) is 0 Å². The minimum atomic E-state index is -4.88. The molecule has 118 valence electrons. The van der Waals surface area contributed by atoms with Crippen molar-refractivity contribution < 1.29 is 40.6 Å². The van der Waals surface area contributed by atoms with Gasteiger partial charge in [-0.3, -0.25) is 4.79 Å². The number of amides is 1. The van der Waals surface area contributed by atoms with Gasteiger partial charge in [-0.25, -0.2) is 17.6 Å². The van der Waals surface area contributed by atoms with E-state index in [1.807, 2.05) is 0 Å². The zero-order valence-electron chi connectivity index (χ0n) is 10.1. The highest BCUT2D eigenvalue weighted by atomic mass is 19.4. The van der Waals surface area contributed by atoms with Crippen LogP contribution >= 0.6 is 0 Å². The Labute approximate surface area is 113 Å². The molecule has 10 heteroatoms. The average molecular weight is 319 g/mol. The van der Waals surface area contributed by atoms with Gasteiger partial charge < -0.3 is 10.0 Å². The maximum Gasteiger partial charge on any atom is 0.406 e. The van der Waals surface area contributed by atoms with Crippen molar-refractivity contribution in [3.05, 3.63) is 34.9 Å². The molecule has 21 heavy (non-hydrogen) atoms. The van der Waals surface area contributed by atoms with E-state index < -0.39 is 60.6 Å². The van der Waals surface area contributed by atoms with Crippen LogP contribution in [0.5, 0.6) is 0 Å². The highest BCUT2D eigenvalue weighted by Crippen LogP contribution is 2.22. The van der Waals surface area contributed by atoms with Crippen LogP contribution in [0.15, 0.2) is 6.07 Å². The van der Waals surface area contributed by atoms with Gasteiger partial charge in [0.05, 0.1) is 12.2 Å². The lowest BCUT2D eigenvalue weighted by atomic mass is 10.1. The van der Waals surface area contributed by atoms with Gasteiger partial charge in [0, 0.05) is 6.54 Å². The fraction of sp³-hybridized carbons (Fsp3) is 0.364. The van der Waals surface area contributed by atoms with Gasteiger partial charge >= 0.3 is 6.18 Å². The molecule has 1 rings (SSSR count). The number of alkyl halides is 3. The second kappa shape index (κ2) is 6.29. The standard InChI is InChI=1S/C11H8F7NO2/c12-6-3-5(7(13)9(15)8(6)14)10(21)19(1-2-20)4-11(16,17)18/h3,20H,1-2,4H2. The Balaban J connectivity index is 3.21. The van der Waals surface area contributed by atoms with E-state index in [9.17, 15) is 35.5 Å². The normalized spacial score (nSPS) is 11.6. The quantitative estimate of drug-likeness (QED) is 0.525. The van der Waals surface area contributed by atoms with Gasteiger partial charge in [0.1, 0.15) is 6.54 Å². The number of benzene rings is 1. The van der Waals surface area contributed by atoms with Crippen molar-refractivity contribution in [1.29, 1.82) is 0 Å². The molecular formula is C11H8F7NO2. The Kier molecular flexibility index (Phi) is 5.15. The second-order valence-electron chi connectivity index (χ2n) is 3.91. The second-order valence-corrected chi connectivity index (χ2v) is 3.91. The van der Waals surface area contributed by atoms with Crippen molar-refractivity contribution in [1.82, 2.24) is 4.90 Å². The molecule has 0 saturated heterocycles. The van der Waals surface area contributed by atoms with Crippen LogP contribution in [-0.2, 0) is 0 Å². The third-order valence-corrected chi connectivity index (χ3v) is 2.36. The molecule has 0 fully saturated rings. The highest BCUT2D eigenvalue weighted by molar-refractivity contribution is 5.94. The predicted molar refractivity (Wildman–Crippen MR) is 55.3 cm³/mol. The lowest BCUT2D eigenvalue weighted by molar-refractivity contribution is -0.141. The summed E-state index contributed by atoms with van der Waals surface area (Å²) in [7, 11) is 0. The summed E-state index contributed by atoms with van der Waals surface area (Å²) >= 11 is 0. The van der Waals surface area contributed by atoms with Crippen LogP contribution in [0.1, 0.15) is 10.4 Å². The number of carbonyl (C=O) groups is 1. The molecule has 0 heterocycles. The first kappa shape index (κ1) is 17.2. The van der Waals surface area contributed by atoms with E-state index in [1.165, 1.54) is 0 Å². The molecule has 0 atom stereocenters. The molecule has 0 radical (unpaired) electrons. The molecule has 0 spiro atoms. The summed E-state index contributed by atoms with van der Waals surface area (Å²) in [4.78, 5) is 11.6. The van der Waals surface area contributed by atoms with Crippen LogP contribution in [0.25, 0.3) is 0 Å². The SMILES string of the molecule is O=C(c1cc(F)c(F)c(F)c1F)N(CCO)CC(F)(F)F. The van der Waals surface area contributed by atoms with Crippen LogP contribution in [0.2, 0.25) is 0 Å². The zero-order chi connectivity index (χ0) is 16.4. The zero-order valence-corrected chi connectivity index (χ0v) is 10.1. The van der Waals surface area contributed by atoms with E-state index >= 15 is 0 Å². The van der Waals surface area contributed by atoms with E-state index in [4.69, 9.17) is 5.11 Å². The Morgan fingerprint density at radius 3 is 2.14 bits per heavy atom. The van der Waals surface area contributed by atoms with Crippen molar-refractivity contribution in [2.75, 3.05) is 19.7 Å². The molecule has 0 aromatic heterocycles. The van der Waals surface area contributed by atoms with Gasteiger partial charge in [-0.15, -0.1) is 0 Å². The van der Waals surface area contributed by atoms with Gasteiger partial charge in [-0.05, 0) is 6.07 Å². The lowest BCUT2D eigenvalue weighted by Crippen LogP contribution is -2.41. The van der Waals surface area contributed by atoms with Crippen LogP contribution < -0.4 is 0 Å². The molecule has 0 aliphatic carbocycles. The topological polar surface area (TPSA) is 40.5 Å². The number of aliphatic hydroxyl groups excluding tert-OH is 1. The number of hydrogen-bond acceptors (Lipinski definition) is 2. The third-order valence-electron chi connectivity index (χ3n) is 2.36. The number of aliphatic hydroxyl groups is 1. The molecule has 0 aliphatic rings. The maximum absolute atomic E-state index is 13.4. The monoisotopic (exact) mass is 319 g/mol. The third kappa shape index (κ3) is 4.06. The summed E-state index contributed by atoms with van der Waals surface area (Å²) in [6.45, 7) is -3.61. The number of halogens is 7. The Bertz CT molecular complexity index is 544. The fourth-order valence-electron chi connectivity index (χ4n) is 1.49. The van der Waals surface area contributed by atoms with Crippen molar-refractivity contribution in [3.63, 3.8) is 0 Å². The number of carbonyl (C=O) groups excluding carboxylic acids is 1. The van der Waals surface area contributed by atoms with Crippen molar-refractivity contribution in [3.8, 4) is 0 Å². The maximum atomic E-state index is 13.4. The summed E-state index contributed by atoms with van der Waals surface area (Å²) in [5.41, 5.74) is -1.40. The molecule has 1 N–H and O–H groups in total. The molecule has 0 saturated carbocycles. The van der Waals surface area contributed by atoms with Gasteiger partial charge in [0.15, 0.2) is 23.3 Å². The van der Waals surface area contributed by atoms with Crippen LogP contribution in [-0.4, -0.2) is 41.8 Å². The molecule has 3 nitrogen and oxygen atoms in total. The molecular weight excluding hydrogens is 311 g/mol. The van der Waals surface area contributed by atoms with Gasteiger partial charge in [-0.1, -0.05) is 0 Å². The molecule has 1 amide bonds. The van der Waals surface area contributed by atoms with Crippen molar-refractivity contribution >= 4 is 5.91 Å². The summed E-state index contributed by atoms with van der Waals surface area (Å²) < 4.78 is 88.7. The van der Waals surface area contributed by atoms with E-state index in [2.05, 4.69) is 0 Å². The van der Waals surface area contributed by atoms with E-state index in [-0.39, 0.29) is 11.0 Å². The fourth-order valence-corrected chi connectivity index (χ4v) is 1.49. The lowest BCUT2D eigenvalue weighted by Gasteiger charge is -2.23. The molecule has 1 aromatic carbocycles. The first-order valence-electron chi connectivity index (χ1n) is 5.38. The van der Waals surface area contributed by atoms with E-state index in [1.54, 1.807) is 0 Å². The average Bonchev–Trinajstić information content (AvgIpc) is 2.38. The molecule has 0 bridgehead atoms. The van der Waals surface area contributed by atoms with Crippen LogP contribution in [0, 0.1) is 23.3 Å². The summed E-state index contributed by atoms with van der Waals surface area (Å²) in [5, 5.41) is 8.59. The van der Waals surface area contributed by atoms with Crippen LogP contribution in [0.4, 0.5) is 30.7 Å². The summed E-state index contributed by atoms with van der Waals surface area (Å²) in [6, 6.07) is -0.0448. The van der Waals surface area contributed by atoms with Gasteiger partial charge in [0.25, 0.3) is 5.91 Å². The van der Waals surface area contributed by atoms with Crippen molar-refractivity contribution in [2.24, 2.45) is 0 Å². The predicted octanol–water partition coefficient (Wildman–Crippen LogP) is 2.24. The Morgan fingerprint density at radius 2 is 1.67 bits per heavy atom. The largest absolute Gasteiger partial charge is 0.406 e. The smallest absolute Gasteiger partial charge is 0.395 e. The summed E-state index contributed by atoms with van der Waals surface area (Å²) in [5.74, 6) is -10.3. The minimum absolute atomic E-state index is 0.0448. The highest BCUT2D eigenvalue weighted by Gasteiger charge is 2.35. The van der Waals surface area contributed by atoms with E-state index in [0.717, 1.165) is 0 Å². The first-order valence-corrected chi connectivity index (χ1v) is 5.38. The number of rotatable bonds is 4. The summed E-state index contributed by atoms with van der Waals surface area (Å²) in [6.07, 6.45) is -4.88. The van der Waals surface area contributed by atoms with Crippen LogP contribution in [0.3, 0.4) is 0 Å². The van der Waals surface area contributed by atoms with Crippen molar-refractivity contribution in [2.45, 2.75) is 6.18 Å².